The molecule has 0 N–H and O–H groups in total. The third-order valence-corrected chi connectivity index (χ3v) is 2.37. The molecule has 0 aromatic rings. The average molecular weight is 264 g/mol. The van der Waals surface area contributed by atoms with Crippen LogP contribution in [-0.2, 0) is 16.8 Å². The third kappa shape index (κ3) is 9.06. The summed E-state index contributed by atoms with van der Waals surface area (Å²) in [5, 5.41) is 0. The van der Waals surface area contributed by atoms with Crippen LogP contribution in [-0.4, -0.2) is 22.3 Å². The maximum atomic E-state index is 5.03. The molecule has 0 bridgehead atoms. The smallest absolute Gasteiger partial charge is 0.358 e. The fraction of sp³-hybridized carbons (Fsp3) is 0.889. The van der Waals surface area contributed by atoms with Gasteiger partial charge in [-0.05, 0) is 12.8 Å². The van der Waals surface area contributed by atoms with Crippen molar-refractivity contribution < 1.29 is 16.8 Å². The number of thiocarbonyl (C=S) groups is 1. The quantitative estimate of drug-likeness (QED) is 0.580. The molecule has 0 aromatic heterocycles. The van der Waals surface area contributed by atoms with Gasteiger partial charge in [-0.3, -0.25) is 0 Å². The number of rotatable bonds is 6. The van der Waals surface area contributed by atoms with Gasteiger partial charge in [-0.2, -0.15) is 0 Å². The van der Waals surface area contributed by atoms with Crippen LogP contribution in [0.5, 0.6) is 0 Å². The van der Waals surface area contributed by atoms with Crippen molar-refractivity contribution in [3.63, 3.8) is 0 Å². The van der Waals surface area contributed by atoms with Gasteiger partial charge in [0.15, 0.2) is 0 Å². The molecule has 0 fully saturated rings. The van der Waals surface area contributed by atoms with Crippen LogP contribution in [0.25, 0.3) is 0 Å². The first-order valence-electron chi connectivity index (χ1n) is 4.70. The topological polar surface area (TPSA) is 3.24 Å². The van der Waals surface area contributed by atoms with E-state index in [9.17, 15) is 0 Å². The Bertz CT molecular complexity index is 123. The Kier molecular flexibility index (Phi) is 13.5. The first kappa shape index (κ1) is 16.2. The van der Waals surface area contributed by atoms with Crippen LogP contribution in [0, 0.1) is 0 Å². The van der Waals surface area contributed by atoms with Gasteiger partial charge in [-0.1, -0.05) is 38.9 Å². The second-order valence-electron chi connectivity index (χ2n) is 2.98. The summed E-state index contributed by atoms with van der Waals surface area (Å²) >= 11 is 9.23. The first-order chi connectivity index (χ1) is 5.72. The van der Waals surface area contributed by atoms with E-state index in [0.29, 0.717) is 0 Å². The van der Waals surface area contributed by atoms with Crippen LogP contribution >= 0.6 is 24.8 Å². The Balaban J connectivity index is 0. The van der Waals surface area contributed by atoms with Crippen LogP contribution < -0.4 is 0 Å². The zero-order valence-electron chi connectivity index (χ0n) is 8.38. The van der Waals surface area contributed by atoms with Crippen molar-refractivity contribution in [2.45, 2.75) is 39.5 Å². The summed E-state index contributed by atoms with van der Waals surface area (Å²) in [7, 11) is 0. The Morgan fingerprint density at radius 2 is 1.54 bits per heavy atom. The molecule has 1 nitrogen and oxygen atoms in total. The molecule has 0 aliphatic carbocycles. The number of nitrogens with zero attached hydrogens (tertiary/aromatic N) is 1. The molecule has 0 aliphatic rings. The Hall–Kier alpha value is 0.746. The van der Waals surface area contributed by atoms with Gasteiger partial charge in [0.1, 0.15) is 4.32 Å². The molecule has 1 radical (unpaired) electrons. The van der Waals surface area contributed by atoms with E-state index in [1.807, 2.05) is 0 Å². The number of unbranched alkanes of at least 4 members (excludes halogenated alkanes) is 2. The predicted molar refractivity (Wildman–Crippen MR) is 63.0 cm³/mol. The van der Waals surface area contributed by atoms with Crippen LogP contribution in [0.1, 0.15) is 39.5 Å². The molecule has 0 atom stereocenters. The van der Waals surface area contributed by atoms with E-state index in [2.05, 4.69) is 31.4 Å². The van der Waals surface area contributed by atoms with Crippen LogP contribution in [0.3, 0.4) is 0 Å². The molecular formula is C9H19CoNS2+2. The molecule has 79 valence electrons. The number of hydrogen-bond donors (Lipinski definition) is 1. The summed E-state index contributed by atoms with van der Waals surface area (Å²) in [5.74, 6) is 0. The summed E-state index contributed by atoms with van der Waals surface area (Å²) in [6.45, 7) is 6.52. The van der Waals surface area contributed by atoms with Crippen LogP contribution in [0.2, 0.25) is 0 Å². The molecular weight excluding hydrogens is 245 g/mol. The molecule has 0 rings (SSSR count). The zero-order chi connectivity index (χ0) is 9.40. The number of hydrogen-bond acceptors (Lipinski definition) is 1. The van der Waals surface area contributed by atoms with E-state index in [-0.39, 0.29) is 16.8 Å². The second kappa shape index (κ2) is 10.8. The van der Waals surface area contributed by atoms with E-state index < -0.39 is 0 Å². The van der Waals surface area contributed by atoms with E-state index in [1.165, 1.54) is 25.7 Å². The average Bonchev–Trinajstić information content (AvgIpc) is 2.04. The van der Waals surface area contributed by atoms with Crippen molar-refractivity contribution in [3.8, 4) is 0 Å². The second-order valence-corrected chi connectivity index (χ2v) is 4.09. The Labute approximate surface area is 103 Å². The fourth-order valence-corrected chi connectivity index (χ4v) is 1.38. The zero-order valence-corrected chi connectivity index (χ0v) is 11.1. The Morgan fingerprint density at radius 3 is 1.77 bits per heavy atom. The van der Waals surface area contributed by atoms with Crippen LogP contribution in [0.15, 0.2) is 0 Å². The standard InChI is InChI=1S/C9H19NS2.Co/c1-3-5-7-10(9(11)12)8-6-4-2;/h3-8H2,1-2H3,(H,11,12);/q;+2. The van der Waals surface area contributed by atoms with E-state index in [4.69, 9.17) is 12.2 Å². The maximum Gasteiger partial charge on any atom is 2.00 e. The van der Waals surface area contributed by atoms with E-state index in [0.717, 1.165) is 17.4 Å². The summed E-state index contributed by atoms with van der Waals surface area (Å²) in [6, 6.07) is 0. The Morgan fingerprint density at radius 1 is 1.15 bits per heavy atom. The van der Waals surface area contributed by atoms with E-state index in [1.54, 1.807) is 0 Å². The molecule has 0 unspecified atom stereocenters. The van der Waals surface area contributed by atoms with Gasteiger partial charge in [0.25, 0.3) is 0 Å². The summed E-state index contributed by atoms with van der Waals surface area (Å²) in [5.41, 5.74) is 0. The molecule has 0 heterocycles. The van der Waals surface area contributed by atoms with Crippen molar-refractivity contribution in [1.29, 1.82) is 0 Å². The van der Waals surface area contributed by atoms with Gasteiger partial charge in [-0.15, -0.1) is 12.6 Å². The van der Waals surface area contributed by atoms with Crippen molar-refractivity contribution in [2.24, 2.45) is 0 Å². The summed E-state index contributed by atoms with van der Waals surface area (Å²) < 4.78 is 0.747. The van der Waals surface area contributed by atoms with Crippen molar-refractivity contribution in [2.75, 3.05) is 13.1 Å². The molecule has 0 aromatic carbocycles. The SMILES string of the molecule is CCCCN(CCCC)C(=S)S.[Co+2]. The van der Waals surface area contributed by atoms with E-state index >= 15 is 0 Å². The molecule has 0 amide bonds. The molecule has 0 saturated heterocycles. The summed E-state index contributed by atoms with van der Waals surface area (Å²) in [4.78, 5) is 2.19. The minimum atomic E-state index is 0. The van der Waals surface area contributed by atoms with Gasteiger partial charge < -0.3 is 4.90 Å². The molecule has 0 spiro atoms. The maximum absolute atomic E-state index is 5.03. The largest absolute Gasteiger partial charge is 2.00 e. The third-order valence-electron chi connectivity index (χ3n) is 1.83. The number of thiol groups is 1. The van der Waals surface area contributed by atoms with Crippen LogP contribution in [0.4, 0.5) is 0 Å². The molecule has 0 saturated carbocycles. The van der Waals surface area contributed by atoms with Gasteiger partial charge >= 0.3 is 16.8 Å². The van der Waals surface area contributed by atoms with Gasteiger partial charge in [0.2, 0.25) is 0 Å². The van der Waals surface area contributed by atoms with Crippen molar-refractivity contribution in [3.05, 3.63) is 0 Å². The monoisotopic (exact) mass is 264 g/mol. The minimum Gasteiger partial charge on any atom is -0.358 e. The molecule has 13 heavy (non-hydrogen) atoms. The molecule has 0 aliphatic heterocycles. The summed E-state index contributed by atoms with van der Waals surface area (Å²) in [6.07, 6.45) is 4.87. The van der Waals surface area contributed by atoms with Crippen molar-refractivity contribution >= 4 is 29.2 Å². The first-order valence-corrected chi connectivity index (χ1v) is 5.55. The fourth-order valence-electron chi connectivity index (χ4n) is 1.00. The minimum absolute atomic E-state index is 0. The predicted octanol–water partition coefficient (Wildman–Crippen LogP) is 3.10. The normalized spacial score (nSPS) is 9.15. The molecule has 4 heteroatoms. The van der Waals surface area contributed by atoms with Gasteiger partial charge in [-0.25, -0.2) is 0 Å². The van der Waals surface area contributed by atoms with Crippen molar-refractivity contribution in [1.82, 2.24) is 4.90 Å². The van der Waals surface area contributed by atoms with Gasteiger partial charge in [0, 0.05) is 13.1 Å². The van der Waals surface area contributed by atoms with Gasteiger partial charge in [0.05, 0.1) is 0 Å².